The minimum absolute atomic E-state index is 0.00116. The Morgan fingerprint density at radius 3 is 2.29 bits per heavy atom. The molecule has 0 radical (unpaired) electrons. The molecule has 0 aliphatic heterocycles. The van der Waals surface area contributed by atoms with Crippen molar-refractivity contribution in [3.8, 4) is 5.75 Å². The molecule has 0 bridgehead atoms. The van der Waals surface area contributed by atoms with E-state index in [0.717, 1.165) is 17.0 Å². The van der Waals surface area contributed by atoms with Gasteiger partial charge in [0, 0.05) is 37.6 Å². The number of methoxy groups -OCH3 is 1. The molecule has 8 nitrogen and oxygen atoms in total. The molecule has 0 unspecified atom stereocenters. The monoisotopic (exact) mass is 484 g/mol. The van der Waals surface area contributed by atoms with Gasteiger partial charge < -0.3 is 14.0 Å². The fourth-order valence-corrected chi connectivity index (χ4v) is 4.86. The Labute approximate surface area is 199 Å². The number of ether oxygens (including phenoxy) is 2. The highest BCUT2D eigenvalue weighted by atomic mass is 32.2. The van der Waals surface area contributed by atoms with Crippen LogP contribution in [0.3, 0.4) is 0 Å². The molecule has 0 spiro atoms. The van der Waals surface area contributed by atoms with Crippen LogP contribution in [0.5, 0.6) is 5.75 Å². The molecule has 2 aromatic carbocycles. The molecule has 0 saturated heterocycles. The predicted molar refractivity (Wildman–Crippen MR) is 128 cm³/mol. The molecule has 9 heteroatoms. The number of hydrogen-bond acceptors (Lipinski definition) is 6. The molecule has 1 heterocycles. The zero-order chi connectivity index (χ0) is 25.0. The summed E-state index contributed by atoms with van der Waals surface area (Å²) in [4.78, 5) is 25.0. The van der Waals surface area contributed by atoms with Crippen LogP contribution in [0.15, 0.2) is 59.5 Å². The highest BCUT2D eigenvalue weighted by molar-refractivity contribution is 7.89. The lowest BCUT2D eigenvalue weighted by atomic mass is 10.1. The normalized spacial score (nSPS) is 11.5. The molecular formula is C25H28N2O6S. The second-order valence-corrected chi connectivity index (χ2v) is 9.97. The summed E-state index contributed by atoms with van der Waals surface area (Å²) >= 11 is 0. The Bertz CT molecular complexity index is 1310. The maximum absolute atomic E-state index is 13.3. The standard InChI is InChI=1S/C25H28N2O6S/c1-17-13-21(18(2)27(17)4)22(28)16-33-25(29)20-11-12-23(32-5)24(14-20)34(30,31)26(3)15-19-9-7-6-8-10-19/h6-14H,15-16H2,1-5H3. The third kappa shape index (κ3) is 5.21. The number of nitrogens with zero attached hydrogens (tertiary/aromatic N) is 2. The number of ketones is 1. The molecule has 1 aromatic heterocycles. The van der Waals surface area contributed by atoms with Crippen molar-refractivity contribution in [1.29, 1.82) is 0 Å². The quantitative estimate of drug-likeness (QED) is 0.341. The number of benzene rings is 2. The van der Waals surface area contributed by atoms with E-state index >= 15 is 0 Å². The van der Waals surface area contributed by atoms with E-state index < -0.39 is 22.6 Å². The van der Waals surface area contributed by atoms with Gasteiger partial charge in [0.15, 0.2) is 6.61 Å². The minimum Gasteiger partial charge on any atom is -0.495 e. The third-order valence-corrected chi connectivity index (χ3v) is 7.57. The van der Waals surface area contributed by atoms with E-state index in [1.807, 2.05) is 55.8 Å². The fraction of sp³-hybridized carbons (Fsp3) is 0.280. The van der Waals surface area contributed by atoms with Crippen LogP contribution in [0, 0.1) is 13.8 Å². The van der Waals surface area contributed by atoms with Crippen molar-refractivity contribution in [3.63, 3.8) is 0 Å². The second kappa shape index (κ2) is 10.2. The number of aromatic nitrogens is 1. The van der Waals surface area contributed by atoms with Crippen LogP contribution in [-0.4, -0.2) is 49.8 Å². The van der Waals surface area contributed by atoms with Crippen LogP contribution in [0.1, 0.15) is 37.7 Å². The van der Waals surface area contributed by atoms with Crippen molar-refractivity contribution >= 4 is 21.8 Å². The van der Waals surface area contributed by atoms with Crippen LogP contribution in [-0.2, 0) is 28.4 Å². The predicted octanol–water partition coefficient (Wildman–Crippen LogP) is 3.51. The van der Waals surface area contributed by atoms with Crippen molar-refractivity contribution < 1.29 is 27.5 Å². The van der Waals surface area contributed by atoms with Gasteiger partial charge in [-0.2, -0.15) is 4.31 Å². The molecule has 0 amide bonds. The third-order valence-electron chi connectivity index (χ3n) is 5.75. The van der Waals surface area contributed by atoms with Gasteiger partial charge in [0.2, 0.25) is 15.8 Å². The van der Waals surface area contributed by atoms with E-state index in [0.29, 0.717) is 5.56 Å². The average Bonchev–Trinajstić information content (AvgIpc) is 3.09. The first-order valence-electron chi connectivity index (χ1n) is 10.6. The lowest BCUT2D eigenvalue weighted by Gasteiger charge is -2.19. The van der Waals surface area contributed by atoms with Crippen LogP contribution in [0.4, 0.5) is 0 Å². The number of sulfonamides is 1. The van der Waals surface area contributed by atoms with Crippen LogP contribution < -0.4 is 4.74 Å². The van der Waals surface area contributed by atoms with Gasteiger partial charge in [-0.3, -0.25) is 4.79 Å². The van der Waals surface area contributed by atoms with E-state index in [1.54, 1.807) is 6.07 Å². The van der Waals surface area contributed by atoms with E-state index in [4.69, 9.17) is 9.47 Å². The number of rotatable bonds is 9. The van der Waals surface area contributed by atoms with Crippen molar-refractivity contribution in [2.24, 2.45) is 7.05 Å². The Balaban J connectivity index is 1.80. The van der Waals surface area contributed by atoms with Gasteiger partial charge >= 0.3 is 5.97 Å². The molecule has 3 aromatic rings. The van der Waals surface area contributed by atoms with Crippen molar-refractivity contribution in [1.82, 2.24) is 8.87 Å². The van der Waals surface area contributed by atoms with E-state index in [2.05, 4.69) is 0 Å². The highest BCUT2D eigenvalue weighted by Gasteiger charge is 2.27. The molecule has 0 atom stereocenters. The number of esters is 1. The number of hydrogen-bond donors (Lipinski definition) is 0. The van der Waals surface area contributed by atoms with E-state index in [1.165, 1.54) is 36.7 Å². The van der Waals surface area contributed by atoms with Crippen LogP contribution in [0.2, 0.25) is 0 Å². The van der Waals surface area contributed by atoms with Crippen LogP contribution in [0.25, 0.3) is 0 Å². The summed E-state index contributed by atoms with van der Waals surface area (Å²) in [5.41, 5.74) is 2.98. The second-order valence-electron chi connectivity index (χ2n) is 7.96. The molecular weight excluding hydrogens is 456 g/mol. The fourth-order valence-electron chi connectivity index (χ4n) is 3.53. The number of Topliss-reactive ketones (excluding diaryl/α,β-unsaturated/α-hetero) is 1. The van der Waals surface area contributed by atoms with Gasteiger partial charge in [-0.25, -0.2) is 13.2 Å². The first kappa shape index (κ1) is 25.2. The smallest absolute Gasteiger partial charge is 0.338 e. The summed E-state index contributed by atoms with van der Waals surface area (Å²) in [6.45, 7) is 3.38. The average molecular weight is 485 g/mol. The zero-order valence-corrected chi connectivity index (χ0v) is 20.7. The van der Waals surface area contributed by atoms with Gasteiger partial charge in [-0.15, -0.1) is 0 Å². The Kier molecular flexibility index (Phi) is 7.58. The highest BCUT2D eigenvalue weighted by Crippen LogP contribution is 2.28. The van der Waals surface area contributed by atoms with Crippen molar-refractivity contribution in [3.05, 3.63) is 82.7 Å². The molecule has 0 aliphatic rings. The van der Waals surface area contributed by atoms with Crippen molar-refractivity contribution in [2.75, 3.05) is 20.8 Å². The molecule has 0 fully saturated rings. The topological polar surface area (TPSA) is 94.9 Å². The van der Waals surface area contributed by atoms with Gasteiger partial charge in [-0.1, -0.05) is 30.3 Å². The van der Waals surface area contributed by atoms with Crippen LogP contribution >= 0.6 is 0 Å². The summed E-state index contributed by atoms with van der Waals surface area (Å²) in [6.07, 6.45) is 0. The summed E-state index contributed by atoms with van der Waals surface area (Å²) in [5, 5.41) is 0. The summed E-state index contributed by atoms with van der Waals surface area (Å²) in [5.74, 6) is -1.04. The lowest BCUT2D eigenvalue weighted by molar-refractivity contribution is 0.0474. The maximum atomic E-state index is 13.3. The van der Waals surface area contributed by atoms with Gasteiger partial charge in [0.25, 0.3) is 0 Å². The van der Waals surface area contributed by atoms with Gasteiger partial charge in [-0.05, 0) is 43.7 Å². The van der Waals surface area contributed by atoms with Gasteiger partial charge in [0.05, 0.1) is 12.7 Å². The first-order valence-corrected chi connectivity index (χ1v) is 12.0. The minimum atomic E-state index is -3.99. The SMILES string of the molecule is COc1ccc(C(=O)OCC(=O)c2cc(C)n(C)c2C)cc1S(=O)(=O)N(C)Cc1ccccc1. The molecule has 180 valence electrons. The lowest BCUT2D eigenvalue weighted by Crippen LogP contribution is -2.27. The first-order chi connectivity index (χ1) is 16.1. The van der Waals surface area contributed by atoms with Gasteiger partial charge in [0.1, 0.15) is 10.6 Å². The Hall–Kier alpha value is -3.43. The summed E-state index contributed by atoms with van der Waals surface area (Å²) in [7, 11) is 0.669. The van der Waals surface area contributed by atoms with Crippen molar-refractivity contribution in [2.45, 2.75) is 25.3 Å². The summed E-state index contributed by atoms with van der Waals surface area (Å²) < 4.78 is 40.0. The molecule has 3 rings (SSSR count). The largest absolute Gasteiger partial charge is 0.495 e. The molecule has 0 aliphatic carbocycles. The number of carbonyl (C=O) groups is 2. The molecule has 0 saturated carbocycles. The Morgan fingerprint density at radius 2 is 1.71 bits per heavy atom. The summed E-state index contributed by atoms with van der Waals surface area (Å²) in [6, 6.07) is 14.9. The number of carbonyl (C=O) groups excluding carboxylic acids is 2. The zero-order valence-electron chi connectivity index (χ0n) is 19.9. The molecule has 0 N–H and O–H groups in total. The maximum Gasteiger partial charge on any atom is 0.338 e. The van der Waals surface area contributed by atoms with E-state index in [9.17, 15) is 18.0 Å². The number of aryl methyl sites for hydroxylation is 1. The Morgan fingerprint density at radius 1 is 1.03 bits per heavy atom. The molecule has 34 heavy (non-hydrogen) atoms. The van der Waals surface area contributed by atoms with E-state index in [-0.39, 0.29) is 28.5 Å².